The molecule has 0 aromatic rings. The summed E-state index contributed by atoms with van der Waals surface area (Å²) in [6.45, 7) is 2.64. The molecule has 0 aliphatic carbocycles. The highest BCUT2D eigenvalue weighted by Gasteiger charge is 2.36. The Morgan fingerprint density at radius 3 is 2.38 bits per heavy atom. The molecule has 0 amide bonds. The lowest BCUT2D eigenvalue weighted by Crippen LogP contribution is -2.42. The predicted molar refractivity (Wildman–Crippen MR) is 52.6 cm³/mol. The van der Waals surface area contributed by atoms with Gasteiger partial charge in [0, 0.05) is 18.6 Å². The Morgan fingerprint density at radius 2 is 1.85 bits per heavy atom. The Morgan fingerprint density at radius 1 is 1.23 bits per heavy atom. The number of hydrogen-bond donors (Lipinski definition) is 0. The van der Waals surface area contributed by atoms with E-state index in [1.165, 1.54) is 32.1 Å². The van der Waals surface area contributed by atoms with Gasteiger partial charge in [0.2, 0.25) is 0 Å². The molecule has 2 rings (SSSR count). The first-order valence-corrected chi connectivity index (χ1v) is 5.71. The van der Waals surface area contributed by atoms with Crippen molar-refractivity contribution in [3.8, 4) is 0 Å². The van der Waals surface area contributed by atoms with Gasteiger partial charge in [0.15, 0.2) is 0 Å². The number of alkyl halides is 1. The molecule has 3 atom stereocenters. The third-order valence-corrected chi connectivity index (χ3v) is 3.70. The third-order valence-electron chi connectivity index (χ3n) is 3.70. The van der Waals surface area contributed by atoms with Crippen molar-refractivity contribution in [3.05, 3.63) is 0 Å². The lowest BCUT2D eigenvalue weighted by atomic mass is 10.0. The fourth-order valence-electron chi connectivity index (χ4n) is 2.88. The Kier molecular flexibility index (Phi) is 2.87. The summed E-state index contributed by atoms with van der Waals surface area (Å²) >= 11 is 0. The molecule has 0 radical (unpaired) electrons. The van der Waals surface area contributed by atoms with Gasteiger partial charge in [-0.15, -0.1) is 0 Å². The maximum atomic E-state index is 13.2. The Labute approximate surface area is 80.3 Å². The van der Waals surface area contributed by atoms with E-state index in [2.05, 4.69) is 4.90 Å². The summed E-state index contributed by atoms with van der Waals surface area (Å²) in [5.41, 5.74) is 0. The van der Waals surface area contributed by atoms with E-state index in [9.17, 15) is 4.39 Å². The summed E-state index contributed by atoms with van der Waals surface area (Å²) in [5, 5.41) is 0. The molecule has 2 saturated heterocycles. The van der Waals surface area contributed by atoms with Gasteiger partial charge in [-0.3, -0.25) is 4.90 Å². The second-order valence-corrected chi connectivity index (χ2v) is 4.52. The molecule has 0 N–H and O–H groups in total. The van der Waals surface area contributed by atoms with Crippen molar-refractivity contribution in [2.24, 2.45) is 0 Å². The first-order valence-electron chi connectivity index (χ1n) is 5.71. The zero-order valence-corrected chi connectivity index (χ0v) is 8.51. The van der Waals surface area contributed by atoms with Gasteiger partial charge >= 0.3 is 0 Å². The number of nitrogens with zero attached hydrogens (tertiary/aromatic N) is 1. The van der Waals surface area contributed by atoms with E-state index >= 15 is 0 Å². The highest BCUT2D eigenvalue weighted by Crippen LogP contribution is 2.35. The summed E-state index contributed by atoms with van der Waals surface area (Å²) in [6, 6.07) is 1.45. The number of hydrogen-bond acceptors (Lipinski definition) is 1. The molecule has 0 aromatic heterocycles. The second kappa shape index (κ2) is 3.95. The lowest BCUT2D eigenvalue weighted by Gasteiger charge is -2.35. The second-order valence-electron chi connectivity index (χ2n) is 4.52. The van der Waals surface area contributed by atoms with E-state index in [0.29, 0.717) is 13.0 Å². The monoisotopic (exact) mass is 185 g/mol. The van der Waals surface area contributed by atoms with Crippen molar-refractivity contribution < 1.29 is 4.39 Å². The Hall–Kier alpha value is -0.110. The number of halogens is 1. The maximum absolute atomic E-state index is 13.2. The van der Waals surface area contributed by atoms with Crippen molar-refractivity contribution in [1.82, 2.24) is 4.90 Å². The normalized spacial score (nSPS) is 36.5. The third kappa shape index (κ3) is 1.88. The number of fused-ring (bicyclic) bond motifs is 2. The predicted octanol–water partition coefficient (Wildman–Crippen LogP) is 2.75. The van der Waals surface area contributed by atoms with Crippen LogP contribution in [-0.4, -0.2) is 29.7 Å². The smallest absolute Gasteiger partial charge is 0.112 e. The van der Waals surface area contributed by atoms with Gasteiger partial charge in [-0.1, -0.05) is 13.3 Å². The van der Waals surface area contributed by atoms with Crippen LogP contribution >= 0.6 is 0 Å². The van der Waals surface area contributed by atoms with Crippen LogP contribution in [0.4, 0.5) is 4.39 Å². The highest BCUT2D eigenvalue weighted by atomic mass is 19.1. The average molecular weight is 185 g/mol. The minimum absolute atomic E-state index is 0.596. The van der Waals surface area contributed by atoms with Crippen LogP contribution in [0.2, 0.25) is 0 Å². The Balaban J connectivity index is 1.91. The van der Waals surface area contributed by atoms with Gasteiger partial charge in [-0.25, -0.2) is 4.39 Å². The SMILES string of the molecule is CCC(F)CN1[C@@H]2CCC[C@H]1CC2. The fourth-order valence-corrected chi connectivity index (χ4v) is 2.88. The molecule has 1 unspecified atom stereocenters. The molecule has 2 heterocycles. The molecule has 0 aromatic carbocycles. The van der Waals surface area contributed by atoms with Crippen LogP contribution in [0.1, 0.15) is 45.4 Å². The highest BCUT2D eigenvalue weighted by molar-refractivity contribution is 4.92. The van der Waals surface area contributed by atoms with Crippen LogP contribution in [0.25, 0.3) is 0 Å². The molecule has 0 spiro atoms. The van der Waals surface area contributed by atoms with Crippen LogP contribution < -0.4 is 0 Å². The lowest BCUT2D eigenvalue weighted by molar-refractivity contribution is 0.101. The van der Waals surface area contributed by atoms with Crippen LogP contribution in [-0.2, 0) is 0 Å². The van der Waals surface area contributed by atoms with E-state index in [4.69, 9.17) is 0 Å². The summed E-state index contributed by atoms with van der Waals surface area (Å²) in [5.74, 6) is 0. The summed E-state index contributed by atoms with van der Waals surface area (Å²) < 4.78 is 13.2. The van der Waals surface area contributed by atoms with E-state index in [1.807, 2.05) is 6.92 Å². The van der Waals surface area contributed by atoms with Crippen molar-refractivity contribution in [3.63, 3.8) is 0 Å². The molecule has 2 aliphatic heterocycles. The average Bonchev–Trinajstić information content (AvgIpc) is 2.41. The standard InChI is InChI=1S/C11H20FN/c1-2-9(12)8-13-10-4-3-5-11(13)7-6-10/h9-11H,2-8H2,1H3/t9?,10-,11+. The summed E-state index contributed by atoms with van der Waals surface area (Å²) in [6.07, 6.45) is 6.72. The zero-order chi connectivity index (χ0) is 9.26. The summed E-state index contributed by atoms with van der Waals surface area (Å²) in [7, 11) is 0. The summed E-state index contributed by atoms with van der Waals surface area (Å²) in [4.78, 5) is 2.44. The van der Waals surface area contributed by atoms with Crippen LogP contribution in [0.5, 0.6) is 0 Å². The van der Waals surface area contributed by atoms with Crippen LogP contribution in [0, 0.1) is 0 Å². The molecular weight excluding hydrogens is 165 g/mol. The molecule has 2 heteroatoms. The molecule has 76 valence electrons. The van der Waals surface area contributed by atoms with Gasteiger partial charge in [-0.05, 0) is 32.1 Å². The van der Waals surface area contributed by atoms with Gasteiger partial charge in [0.1, 0.15) is 6.17 Å². The van der Waals surface area contributed by atoms with E-state index in [0.717, 1.165) is 12.1 Å². The topological polar surface area (TPSA) is 3.24 Å². The quantitative estimate of drug-likeness (QED) is 0.653. The van der Waals surface area contributed by atoms with Crippen molar-refractivity contribution in [2.45, 2.75) is 63.7 Å². The van der Waals surface area contributed by atoms with Crippen molar-refractivity contribution >= 4 is 0 Å². The number of piperidine rings is 1. The van der Waals surface area contributed by atoms with Crippen molar-refractivity contribution in [2.75, 3.05) is 6.54 Å². The first-order chi connectivity index (χ1) is 6.31. The molecule has 1 nitrogen and oxygen atoms in total. The molecular formula is C11H20FN. The van der Waals surface area contributed by atoms with Gasteiger partial charge in [0.05, 0.1) is 0 Å². The van der Waals surface area contributed by atoms with Crippen LogP contribution in [0.3, 0.4) is 0 Å². The number of rotatable bonds is 3. The molecule has 2 aliphatic rings. The molecule has 13 heavy (non-hydrogen) atoms. The first kappa shape index (κ1) is 9.45. The minimum atomic E-state index is -0.596. The van der Waals surface area contributed by atoms with E-state index < -0.39 is 6.17 Å². The minimum Gasteiger partial charge on any atom is -0.295 e. The van der Waals surface area contributed by atoms with Crippen molar-refractivity contribution in [1.29, 1.82) is 0 Å². The zero-order valence-electron chi connectivity index (χ0n) is 8.51. The largest absolute Gasteiger partial charge is 0.295 e. The maximum Gasteiger partial charge on any atom is 0.112 e. The Bertz CT molecular complexity index is 155. The van der Waals surface area contributed by atoms with Gasteiger partial charge in [-0.2, -0.15) is 0 Å². The molecule has 0 saturated carbocycles. The van der Waals surface area contributed by atoms with E-state index in [-0.39, 0.29) is 0 Å². The molecule has 2 bridgehead atoms. The van der Waals surface area contributed by atoms with Gasteiger partial charge < -0.3 is 0 Å². The molecule has 2 fully saturated rings. The fraction of sp³-hybridized carbons (Fsp3) is 1.00. The van der Waals surface area contributed by atoms with E-state index in [1.54, 1.807) is 0 Å². The van der Waals surface area contributed by atoms with Gasteiger partial charge in [0.25, 0.3) is 0 Å². The van der Waals surface area contributed by atoms with Crippen LogP contribution in [0.15, 0.2) is 0 Å².